The standard InChI is InChI=1S/C10H13FN2O2S/c1-3-7(2)13-16(14,15)9-6-4-5-8(11)10(9)12/h3-7,13H,1,12H2,2H3. The molecule has 4 nitrogen and oxygen atoms in total. The van der Waals surface area contributed by atoms with Gasteiger partial charge in [-0.1, -0.05) is 12.1 Å². The van der Waals surface area contributed by atoms with Crippen LogP contribution in [0.4, 0.5) is 10.1 Å². The molecule has 0 aliphatic carbocycles. The molecule has 88 valence electrons. The van der Waals surface area contributed by atoms with Crippen LogP contribution in [-0.4, -0.2) is 14.5 Å². The third-order valence-corrected chi connectivity index (χ3v) is 3.61. The van der Waals surface area contributed by atoms with Crippen LogP contribution in [0.15, 0.2) is 35.7 Å². The Morgan fingerprint density at radius 1 is 1.56 bits per heavy atom. The van der Waals surface area contributed by atoms with Gasteiger partial charge in [0.25, 0.3) is 0 Å². The van der Waals surface area contributed by atoms with Crippen LogP contribution in [0.1, 0.15) is 6.92 Å². The van der Waals surface area contributed by atoms with Crippen LogP contribution in [-0.2, 0) is 10.0 Å². The average molecular weight is 244 g/mol. The summed E-state index contributed by atoms with van der Waals surface area (Å²) in [5.41, 5.74) is 4.98. The Morgan fingerprint density at radius 3 is 2.75 bits per heavy atom. The molecule has 0 aliphatic rings. The molecule has 0 amide bonds. The van der Waals surface area contributed by atoms with Crippen LogP contribution < -0.4 is 10.5 Å². The van der Waals surface area contributed by atoms with E-state index in [4.69, 9.17) is 5.73 Å². The van der Waals surface area contributed by atoms with Crippen molar-refractivity contribution in [3.8, 4) is 0 Å². The van der Waals surface area contributed by atoms with Gasteiger partial charge in [-0.2, -0.15) is 0 Å². The Balaban J connectivity index is 3.18. The minimum absolute atomic E-state index is 0.263. The molecule has 0 bridgehead atoms. The zero-order valence-electron chi connectivity index (χ0n) is 8.77. The highest BCUT2D eigenvalue weighted by Gasteiger charge is 2.20. The molecule has 0 saturated heterocycles. The fourth-order valence-electron chi connectivity index (χ4n) is 1.11. The van der Waals surface area contributed by atoms with Gasteiger partial charge in [-0.15, -0.1) is 6.58 Å². The van der Waals surface area contributed by atoms with Crippen LogP contribution in [0, 0.1) is 5.82 Å². The number of hydrogen-bond donors (Lipinski definition) is 2. The third-order valence-electron chi connectivity index (χ3n) is 2.00. The fourth-order valence-corrected chi connectivity index (χ4v) is 2.47. The van der Waals surface area contributed by atoms with E-state index in [2.05, 4.69) is 11.3 Å². The molecule has 1 unspecified atom stereocenters. The van der Waals surface area contributed by atoms with Crippen molar-refractivity contribution in [1.82, 2.24) is 4.72 Å². The van der Waals surface area contributed by atoms with Crippen molar-refractivity contribution in [2.45, 2.75) is 17.9 Å². The lowest BCUT2D eigenvalue weighted by Gasteiger charge is -2.12. The Labute approximate surface area is 94.0 Å². The fraction of sp³-hybridized carbons (Fsp3) is 0.200. The predicted octanol–water partition coefficient (Wildman–Crippen LogP) is 1.26. The van der Waals surface area contributed by atoms with E-state index in [1.807, 2.05) is 0 Å². The van der Waals surface area contributed by atoms with Gasteiger partial charge in [0, 0.05) is 6.04 Å². The van der Waals surface area contributed by atoms with Gasteiger partial charge >= 0.3 is 0 Å². The first-order valence-corrected chi connectivity index (χ1v) is 6.05. The highest BCUT2D eigenvalue weighted by atomic mass is 32.2. The number of para-hydroxylation sites is 1. The predicted molar refractivity (Wildman–Crippen MR) is 60.8 cm³/mol. The summed E-state index contributed by atoms with van der Waals surface area (Å²) in [5.74, 6) is -0.755. The van der Waals surface area contributed by atoms with Crippen LogP contribution >= 0.6 is 0 Å². The molecule has 1 rings (SSSR count). The summed E-state index contributed by atoms with van der Waals surface area (Å²) in [4.78, 5) is -0.263. The Bertz CT molecular complexity index is 500. The lowest BCUT2D eigenvalue weighted by atomic mass is 10.3. The highest BCUT2D eigenvalue weighted by Crippen LogP contribution is 2.20. The molecule has 0 heterocycles. The Morgan fingerprint density at radius 2 is 2.19 bits per heavy atom. The second-order valence-electron chi connectivity index (χ2n) is 3.30. The number of rotatable bonds is 4. The maximum absolute atomic E-state index is 13.1. The van der Waals surface area contributed by atoms with Gasteiger partial charge in [-0.05, 0) is 19.1 Å². The second-order valence-corrected chi connectivity index (χ2v) is 4.98. The lowest BCUT2D eigenvalue weighted by Crippen LogP contribution is -2.31. The molecule has 16 heavy (non-hydrogen) atoms. The summed E-state index contributed by atoms with van der Waals surface area (Å²) in [6, 6.07) is 3.19. The van der Waals surface area contributed by atoms with Crippen molar-refractivity contribution in [3.63, 3.8) is 0 Å². The molecule has 1 aromatic carbocycles. The van der Waals surface area contributed by atoms with Crippen molar-refractivity contribution in [3.05, 3.63) is 36.7 Å². The number of nitrogen functional groups attached to an aromatic ring is 1. The monoisotopic (exact) mass is 244 g/mol. The van der Waals surface area contributed by atoms with Gasteiger partial charge < -0.3 is 5.73 Å². The van der Waals surface area contributed by atoms with Crippen molar-refractivity contribution in [2.24, 2.45) is 0 Å². The molecule has 0 saturated carbocycles. The average Bonchev–Trinajstić information content (AvgIpc) is 2.21. The minimum atomic E-state index is -3.81. The van der Waals surface area contributed by atoms with E-state index >= 15 is 0 Å². The normalized spacial score (nSPS) is 13.4. The van der Waals surface area contributed by atoms with Crippen molar-refractivity contribution in [2.75, 3.05) is 5.73 Å². The summed E-state index contributed by atoms with van der Waals surface area (Å²) in [6.07, 6.45) is 1.42. The first-order valence-electron chi connectivity index (χ1n) is 4.57. The lowest BCUT2D eigenvalue weighted by molar-refractivity contribution is 0.574. The number of benzene rings is 1. The molecule has 0 fully saturated rings. The molecule has 0 aromatic heterocycles. The Kier molecular flexibility index (Phi) is 3.66. The van der Waals surface area contributed by atoms with Crippen LogP contribution in [0.25, 0.3) is 0 Å². The van der Waals surface area contributed by atoms with E-state index < -0.39 is 21.9 Å². The molecular weight excluding hydrogens is 231 g/mol. The highest BCUT2D eigenvalue weighted by molar-refractivity contribution is 7.89. The number of nitrogens with two attached hydrogens (primary N) is 1. The topological polar surface area (TPSA) is 72.2 Å². The van der Waals surface area contributed by atoms with Crippen LogP contribution in [0.3, 0.4) is 0 Å². The Hall–Kier alpha value is -1.40. The smallest absolute Gasteiger partial charge is 0.243 e. The molecule has 3 N–H and O–H groups in total. The molecule has 0 spiro atoms. The summed E-state index contributed by atoms with van der Waals surface area (Å²) in [5, 5.41) is 0. The van der Waals surface area contributed by atoms with Gasteiger partial charge in [0.2, 0.25) is 10.0 Å². The van der Waals surface area contributed by atoms with Crippen molar-refractivity contribution in [1.29, 1.82) is 0 Å². The van der Waals surface area contributed by atoms with E-state index in [0.717, 1.165) is 6.07 Å². The van der Waals surface area contributed by atoms with Gasteiger partial charge in [0.05, 0.1) is 5.69 Å². The van der Waals surface area contributed by atoms with Gasteiger partial charge in [-0.3, -0.25) is 0 Å². The summed E-state index contributed by atoms with van der Waals surface area (Å²) >= 11 is 0. The number of anilines is 1. The molecule has 0 radical (unpaired) electrons. The first-order chi connectivity index (χ1) is 7.38. The van der Waals surface area contributed by atoms with E-state index in [0.29, 0.717) is 0 Å². The minimum Gasteiger partial charge on any atom is -0.395 e. The number of sulfonamides is 1. The quantitative estimate of drug-likeness (QED) is 0.618. The number of nitrogens with one attached hydrogen (secondary N) is 1. The zero-order valence-corrected chi connectivity index (χ0v) is 9.59. The van der Waals surface area contributed by atoms with E-state index in [1.54, 1.807) is 6.92 Å². The number of hydrogen-bond acceptors (Lipinski definition) is 3. The maximum atomic E-state index is 13.1. The summed E-state index contributed by atoms with van der Waals surface area (Å²) in [7, 11) is -3.81. The summed E-state index contributed by atoms with van der Waals surface area (Å²) in [6.45, 7) is 5.06. The van der Waals surface area contributed by atoms with Gasteiger partial charge in [0.15, 0.2) is 0 Å². The third kappa shape index (κ3) is 2.59. The van der Waals surface area contributed by atoms with E-state index in [1.165, 1.54) is 18.2 Å². The second kappa shape index (κ2) is 4.63. The zero-order chi connectivity index (χ0) is 12.3. The van der Waals surface area contributed by atoms with Crippen LogP contribution in [0.5, 0.6) is 0 Å². The maximum Gasteiger partial charge on any atom is 0.243 e. The molecule has 0 aliphatic heterocycles. The summed E-state index contributed by atoms with van der Waals surface area (Å²) < 4.78 is 38.9. The molecular formula is C10H13FN2O2S. The molecule has 1 atom stereocenters. The van der Waals surface area contributed by atoms with Gasteiger partial charge in [-0.25, -0.2) is 17.5 Å². The van der Waals surface area contributed by atoms with E-state index in [-0.39, 0.29) is 10.6 Å². The largest absolute Gasteiger partial charge is 0.395 e. The van der Waals surface area contributed by atoms with Crippen LogP contribution in [0.2, 0.25) is 0 Å². The molecule has 1 aromatic rings. The van der Waals surface area contributed by atoms with E-state index in [9.17, 15) is 12.8 Å². The van der Waals surface area contributed by atoms with Crippen molar-refractivity contribution >= 4 is 15.7 Å². The number of halogens is 1. The molecule has 6 heteroatoms. The first kappa shape index (κ1) is 12.7. The van der Waals surface area contributed by atoms with Gasteiger partial charge in [0.1, 0.15) is 10.7 Å². The SMILES string of the molecule is C=CC(C)NS(=O)(=O)c1cccc(F)c1N. The van der Waals surface area contributed by atoms with Crippen molar-refractivity contribution < 1.29 is 12.8 Å².